The molecule has 0 rings (SSSR count). The molecule has 0 radical (unpaired) electrons. The van der Waals surface area contributed by atoms with Gasteiger partial charge in [-0.15, -0.1) is 0 Å². The Morgan fingerprint density at radius 2 is 2.00 bits per heavy atom. The molecule has 0 saturated heterocycles. The van der Waals surface area contributed by atoms with Crippen LogP contribution in [0.5, 0.6) is 0 Å². The van der Waals surface area contributed by atoms with Crippen LogP contribution in [0.3, 0.4) is 0 Å². The quantitative estimate of drug-likeness (QED) is 0.549. The maximum absolute atomic E-state index is 10.4. The molecule has 0 bridgehead atoms. The molecule has 0 amide bonds. The molecular formula is C6H14O2Si. The van der Waals surface area contributed by atoms with Gasteiger partial charge >= 0.3 is 0 Å². The zero-order valence-corrected chi connectivity index (χ0v) is 7.63. The Morgan fingerprint density at radius 3 is 2.11 bits per heavy atom. The molecule has 54 valence electrons. The van der Waals surface area contributed by atoms with Crippen LogP contribution in [0.15, 0.2) is 0 Å². The molecule has 0 aliphatic heterocycles. The van der Waals surface area contributed by atoms with Crippen LogP contribution in [0.2, 0.25) is 12.1 Å². The summed E-state index contributed by atoms with van der Waals surface area (Å²) in [5.41, 5.74) is 0.550. The highest BCUT2D eigenvalue weighted by atomic mass is 28.3. The molecule has 0 aliphatic carbocycles. The third-order valence-corrected chi connectivity index (χ3v) is 3.87. The molecule has 0 aromatic carbocycles. The van der Waals surface area contributed by atoms with E-state index in [-0.39, 0.29) is 5.97 Å². The molecule has 0 heterocycles. The summed E-state index contributed by atoms with van der Waals surface area (Å²) in [6.45, 7) is 7.66. The van der Waals surface area contributed by atoms with Gasteiger partial charge in [-0.3, -0.25) is 4.79 Å². The van der Waals surface area contributed by atoms with Crippen molar-refractivity contribution in [3.63, 3.8) is 0 Å². The lowest BCUT2D eigenvalue weighted by atomic mass is 10.6. The van der Waals surface area contributed by atoms with E-state index in [1.807, 2.05) is 6.55 Å². The molecule has 0 N–H and O–H groups in total. The first kappa shape index (κ1) is 8.69. The van der Waals surface area contributed by atoms with Gasteiger partial charge in [0, 0.05) is 6.92 Å². The van der Waals surface area contributed by atoms with Crippen LogP contribution >= 0.6 is 0 Å². The highest BCUT2D eigenvalue weighted by Gasteiger charge is 2.11. The summed E-state index contributed by atoms with van der Waals surface area (Å²) >= 11 is 0. The van der Waals surface area contributed by atoms with Gasteiger partial charge in [0.2, 0.25) is 9.04 Å². The first-order valence-electron chi connectivity index (χ1n) is 3.21. The van der Waals surface area contributed by atoms with Gasteiger partial charge in [0.25, 0.3) is 5.97 Å². The van der Waals surface area contributed by atoms with E-state index in [1.165, 1.54) is 6.92 Å². The van der Waals surface area contributed by atoms with E-state index in [9.17, 15) is 4.79 Å². The second-order valence-electron chi connectivity index (χ2n) is 2.56. The molecule has 9 heavy (non-hydrogen) atoms. The first-order chi connectivity index (χ1) is 4.04. The number of hydrogen-bond acceptors (Lipinski definition) is 2. The Morgan fingerprint density at radius 1 is 1.56 bits per heavy atom. The van der Waals surface area contributed by atoms with Gasteiger partial charge in [0.15, 0.2) is 0 Å². The first-order valence-corrected chi connectivity index (χ1v) is 5.50. The van der Waals surface area contributed by atoms with Crippen LogP contribution in [0, 0.1) is 0 Å². The van der Waals surface area contributed by atoms with E-state index in [1.54, 1.807) is 0 Å². The summed E-state index contributed by atoms with van der Waals surface area (Å²) in [7, 11) is -1.18. The minimum Gasteiger partial charge on any atom is -0.522 e. The Kier molecular flexibility index (Phi) is 3.54. The van der Waals surface area contributed by atoms with Crippen LogP contribution in [0.4, 0.5) is 0 Å². The van der Waals surface area contributed by atoms with Crippen LogP contribution in [-0.4, -0.2) is 15.0 Å². The molecule has 1 unspecified atom stereocenters. The van der Waals surface area contributed by atoms with Gasteiger partial charge in [-0.2, -0.15) is 0 Å². The highest BCUT2D eigenvalue weighted by Crippen LogP contribution is 2.07. The summed E-state index contributed by atoms with van der Waals surface area (Å²) in [6, 6.07) is 0. The Hall–Kier alpha value is -0.313. The average molecular weight is 146 g/mol. The van der Waals surface area contributed by atoms with Crippen molar-refractivity contribution in [2.45, 2.75) is 32.9 Å². The molecule has 0 fully saturated rings. The Bertz CT molecular complexity index is 101. The monoisotopic (exact) mass is 146 g/mol. The fourth-order valence-corrected chi connectivity index (χ4v) is 1.19. The van der Waals surface area contributed by atoms with Crippen LogP contribution in [0.25, 0.3) is 0 Å². The Labute approximate surface area is 57.9 Å². The summed E-state index contributed by atoms with van der Waals surface area (Å²) in [4.78, 5) is 10.4. The maximum atomic E-state index is 10.4. The number of carbonyl (C=O) groups is 1. The molecule has 2 nitrogen and oxygen atoms in total. The van der Waals surface area contributed by atoms with Crippen molar-refractivity contribution in [3.05, 3.63) is 0 Å². The zero-order valence-electron chi connectivity index (χ0n) is 6.47. The van der Waals surface area contributed by atoms with E-state index in [4.69, 9.17) is 4.43 Å². The number of hydrogen-bond donors (Lipinski definition) is 0. The molecule has 0 spiro atoms. The predicted molar refractivity (Wildman–Crippen MR) is 39.9 cm³/mol. The van der Waals surface area contributed by atoms with Crippen molar-refractivity contribution >= 4 is 15.0 Å². The van der Waals surface area contributed by atoms with E-state index >= 15 is 0 Å². The lowest BCUT2D eigenvalue weighted by Gasteiger charge is -2.12. The maximum Gasteiger partial charge on any atom is 0.289 e. The van der Waals surface area contributed by atoms with Gasteiger partial charge in [-0.05, 0) is 12.1 Å². The SMILES string of the molecule is CC(=O)O[SiH](C)C(C)C. The minimum atomic E-state index is -1.18. The van der Waals surface area contributed by atoms with Crippen molar-refractivity contribution in [2.24, 2.45) is 0 Å². The van der Waals surface area contributed by atoms with Crippen molar-refractivity contribution < 1.29 is 9.22 Å². The summed E-state index contributed by atoms with van der Waals surface area (Å²) in [6.07, 6.45) is 0. The number of rotatable bonds is 2. The third kappa shape index (κ3) is 4.21. The lowest BCUT2D eigenvalue weighted by molar-refractivity contribution is -0.132. The van der Waals surface area contributed by atoms with Crippen LogP contribution in [0.1, 0.15) is 20.8 Å². The van der Waals surface area contributed by atoms with Crippen molar-refractivity contribution in [1.82, 2.24) is 0 Å². The topological polar surface area (TPSA) is 26.3 Å². The van der Waals surface area contributed by atoms with E-state index in [0.29, 0.717) is 5.54 Å². The lowest BCUT2D eigenvalue weighted by Crippen LogP contribution is -2.19. The molecular weight excluding hydrogens is 132 g/mol. The van der Waals surface area contributed by atoms with Gasteiger partial charge in [0.05, 0.1) is 0 Å². The van der Waals surface area contributed by atoms with Gasteiger partial charge < -0.3 is 4.43 Å². The third-order valence-electron chi connectivity index (χ3n) is 1.29. The summed E-state index contributed by atoms with van der Waals surface area (Å²) in [5.74, 6) is -0.136. The molecule has 0 aromatic heterocycles. The zero-order chi connectivity index (χ0) is 7.44. The molecule has 0 aliphatic rings. The molecule has 3 heteroatoms. The molecule has 1 atom stereocenters. The standard InChI is InChI=1S/C6H14O2Si/c1-5(2)9(4)8-6(3)7/h5,9H,1-4H3. The van der Waals surface area contributed by atoms with Crippen LogP contribution < -0.4 is 0 Å². The predicted octanol–water partition coefficient (Wildman–Crippen LogP) is 1.31. The second-order valence-corrected chi connectivity index (χ2v) is 5.54. The fourth-order valence-electron chi connectivity index (χ4n) is 0.398. The fraction of sp³-hybridized carbons (Fsp3) is 0.833. The van der Waals surface area contributed by atoms with Gasteiger partial charge in [-0.1, -0.05) is 13.8 Å². The molecule has 0 aromatic rings. The minimum absolute atomic E-state index is 0.136. The Balaban J connectivity index is 3.50. The second kappa shape index (κ2) is 3.66. The summed E-state index contributed by atoms with van der Waals surface area (Å²) in [5, 5.41) is 0. The summed E-state index contributed by atoms with van der Waals surface area (Å²) < 4.78 is 5.01. The average Bonchev–Trinajstić information content (AvgIpc) is 1.63. The smallest absolute Gasteiger partial charge is 0.289 e. The van der Waals surface area contributed by atoms with Crippen molar-refractivity contribution in [2.75, 3.05) is 0 Å². The van der Waals surface area contributed by atoms with Gasteiger partial charge in [-0.25, -0.2) is 0 Å². The normalized spacial score (nSPS) is 13.4. The van der Waals surface area contributed by atoms with Crippen molar-refractivity contribution in [3.8, 4) is 0 Å². The number of carbonyl (C=O) groups excluding carboxylic acids is 1. The molecule has 0 saturated carbocycles. The van der Waals surface area contributed by atoms with Gasteiger partial charge in [0.1, 0.15) is 0 Å². The van der Waals surface area contributed by atoms with E-state index in [2.05, 4.69) is 13.8 Å². The van der Waals surface area contributed by atoms with Crippen LogP contribution in [-0.2, 0) is 9.22 Å². The van der Waals surface area contributed by atoms with Crippen molar-refractivity contribution in [1.29, 1.82) is 0 Å². The van der Waals surface area contributed by atoms with E-state index < -0.39 is 9.04 Å². The largest absolute Gasteiger partial charge is 0.522 e. The van der Waals surface area contributed by atoms with E-state index in [0.717, 1.165) is 0 Å². The highest BCUT2D eigenvalue weighted by molar-refractivity contribution is 6.53.